The summed E-state index contributed by atoms with van der Waals surface area (Å²) in [6.45, 7) is 5.16. The summed E-state index contributed by atoms with van der Waals surface area (Å²) >= 11 is 0. The van der Waals surface area contributed by atoms with Crippen LogP contribution < -0.4 is 0 Å². The van der Waals surface area contributed by atoms with Gasteiger partial charge in [-0.05, 0) is 13.0 Å². The van der Waals surface area contributed by atoms with E-state index in [4.69, 9.17) is 5.11 Å². The molecule has 1 N–H and O–H groups in total. The zero-order valence-electron chi connectivity index (χ0n) is 9.36. The number of hydrogen-bond donors (Lipinski definition) is 1. The van der Waals surface area contributed by atoms with E-state index in [2.05, 4.69) is 0 Å². The molecular weight excluding hydrogens is 208 g/mol. The number of carbonyl (C=O) groups is 2. The van der Waals surface area contributed by atoms with Gasteiger partial charge in [0.1, 0.15) is 0 Å². The van der Waals surface area contributed by atoms with Gasteiger partial charge in [-0.3, -0.25) is 4.79 Å². The number of fused-ring (bicyclic) bond motifs is 1. The molecule has 0 spiro atoms. The predicted molar refractivity (Wildman–Crippen MR) is 57.2 cm³/mol. The van der Waals surface area contributed by atoms with Crippen molar-refractivity contribution in [1.82, 2.24) is 9.47 Å². The van der Waals surface area contributed by atoms with Crippen LogP contribution >= 0.6 is 0 Å². The van der Waals surface area contributed by atoms with E-state index in [0.29, 0.717) is 25.2 Å². The standard InChI is InChI=1S/C11H14N2O3/c1-7-10(11(15)16)5-9-6-12(8(2)14)3-4-13(7)9/h5H,3-4,6H2,1-2H3,(H,15,16). The van der Waals surface area contributed by atoms with E-state index in [1.165, 1.54) is 6.92 Å². The third kappa shape index (κ3) is 1.58. The van der Waals surface area contributed by atoms with Gasteiger partial charge in [0.15, 0.2) is 0 Å². The van der Waals surface area contributed by atoms with Crippen molar-refractivity contribution in [2.75, 3.05) is 6.54 Å². The van der Waals surface area contributed by atoms with Crippen LogP contribution in [0.4, 0.5) is 0 Å². The number of aromatic carboxylic acids is 1. The van der Waals surface area contributed by atoms with Crippen molar-refractivity contribution in [3.63, 3.8) is 0 Å². The van der Waals surface area contributed by atoms with E-state index in [9.17, 15) is 9.59 Å². The summed E-state index contributed by atoms with van der Waals surface area (Å²) in [6, 6.07) is 1.66. The second-order valence-corrected chi connectivity index (χ2v) is 4.03. The summed E-state index contributed by atoms with van der Waals surface area (Å²) in [5.74, 6) is -0.879. The molecule has 1 amide bonds. The van der Waals surface area contributed by atoms with Crippen LogP contribution in [0.3, 0.4) is 0 Å². The Kier molecular flexibility index (Phi) is 2.46. The van der Waals surface area contributed by atoms with Crippen LogP contribution in [0.15, 0.2) is 6.07 Å². The van der Waals surface area contributed by atoms with Crippen molar-refractivity contribution < 1.29 is 14.7 Å². The van der Waals surface area contributed by atoms with Crippen LogP contribution in [0.2, 0.25) is 0 Å². The molecule has 0 atom stereocenters. The normalized spacial score (nSPS) is 14.8. The number of carboxylic acid groups (broad SMARTS) is 1. The van der Waals surface area contributed by atoms with Crippen molar-refractivity contribution in [3.05, 3.63) is 23.0 Å². The quantitative estimate of drug-likeness (QED) is 0.766. The Hall–Kier alpha value is -1.78. The molecule has 1 aliphatic rings. The maximum Gasteiger partial charge on any atom is 0.337 e. The molecule has 86 valence electrons. The lowest BCUT2D eigenvalue weighted by Crippen LogP contribution is -2.36. The molecule has 1 aromatic heterocycles. The number of rotatable bonds is 1. The molecular formula is C11H14N2O3. The molecule has 1 aliphatic heterocycles. The number of aromatic nitrogens is 1. The molecule has 0 radical (unpaired) electrons. The fourth-order valence-corrected chi connectivity index (χ4v) is 2.13. The van der Waals surface area contributed by atoms with Gasteiger partial charge in [0.05, 0.1) is 12.1 Å². The van der Waals surface area contributed by atoms with Crippen molar-refractivity contribution in [2.45, 2.75) is 26.9 Å². The zero-order valence-corrected chi connectivity index (χ0v) is 9.36. The topological polar surface area (TPSA) is 62.5 Å². The molecule has 0 saturated carbocycles. The molecule has 2 heterocycles. The lowest BCUT2D eigenvalue weighted by Gasteiger charge is -2.28. The molecule has 0 bridgehead atoms. The molecule has 5 nitrogen and oxygen atoms in total. The highest BCUT2D eigenvalue weighted by atomic mass is 16.4. The summed E-state index contributed by atoms with van der Waals surface area (Å²) < 4.78 is 1.98. The Morgan fingerprint density at radius 3 is 2.62 bits per heavy atom. The average Bonchev–Trinajstić information content (AvgIpc) is 2.55. The minimum Gasteiger partial charge on any atom is -0.478 e. The summed E-state index contributed by atoms with van der Waals surface area (Å²) in [5.41, 5.74) is 2.00. The van der Waals surface area contributed by atoms with E-state index in [0.717, 1.165) is 11.4 Å². The first-order valence-electron chi connectivity index (χ1n) is 5.18. The first-order valence-corrected chi connectivity index (χ1v) is 5.18. The minimum atomic E-state index is -0.909. The van der Waals surface area contributed by atoms with Crippen LogP contribution in [-0.4, -0.2) is 33.0 Å². The average molecular weight is 222 g/mol. The van der Waals surface area contributed by atoms with Gasteiger partial charge in [-0.1, -0.05) is 0 Å². The smallest absolute Gasteiger partial charge is 0.337 e. The van der Waals surface area contributed by atoms with Gasteiger partial charge in [-0.25, -0.2) is 4.79 Å². The van der Waals surface area contributed by atoms with Crippen molar-refractivity contribution >= 4 is 11.9 Å². The van der Waals surface area contributed by atoms with Crippen LogP contribution in [0.1, 0.15) is 28.7 Å². The van der Waals surface area contributed by atoms with Gasteiger partial charge in [0, 0.05) is 31.4 Å². The van der Waals surface area contributed by atoms with Crippen LogP contribution in [0, 0.1) is 6.92 Å². The molecule has 0 aliphatic carbocycles. The lowest BCUT2D eigenvalue weighted by atomic mass is 10.2. The van der Waals surface area contributed by atoms with Gasteiger partial charge >= 0.3 is 5.97 Å². The lowest BCUT2D eigenvalue weighted by molar-refractivity contribution is -0.130. The van der Waals surface area contributed by atoms with Crippen LogP contribution in [0.5, 0.6) is 0 Å². The van der Waals surface area contributed by atoms with E-state index < -0.39 is 5.97 Å². The Morgan fingerprint density at radius 2 is 2.06 bits per heavy atom. The van der Waals surface area contributed by atoms with Gasteiger partial charge in [0.25, 0.3) is 0 Å². The maximum atomic E-state index is 11.2. The molecule has 0 fully saturated rings. The SMILES string of the molecule is CC(=O)N1CCn2c(cc(C(=O)O)c2C)C1. The van der Waals surface area contributed by atoms with E-state index in [1.807, 2.05) is 4.57 Å². The third-order valence-corrected chi connectivity index (χ3v) is 3.07. The van der Waals surface area contributed by atoms with Gasteiger partial charge in [0.2, 0.25) is 5.91 Å². The van der Waals surface area contributed by atoms with Crippen molar-refractivity contribution in [3.8, 4) is 0 Å². The largest absolute Gasteiger partial charge is 0.478 e. The van der Waals surface area contributed by atoms with E-state index in [-0.39, 0.29) is 5.91 Å². The van der Waals surface area contributed by atoms with E-state index in [1.54, 1.807) is 17.9 Å². The molecule has 16 heavy (non-hydrogen) atoms. The van der Waals surface area contributed by atoms with Crippen molar-refractivity contribution in [1.29, 1.82) is 0 Å². The minimum absolute atomic E-state index is 0.0296. The summed E-state index contributed by atoms with van der Waals surface area (Å²) in [5, 5.41) is 9.00. The molecule has 0 saturated heterocycles. The number of hydrogen-bond acceptors (Lipinski definition) is 2. The third-order valence-electron chi connectivity index (χ3n) is 3.07. The first kappa shape index (κ1) is 10.7. The fourth-order valence-electron chi connectivity index (χ4n) is 2.13. The zero-order chi connectivity index (χ0) is 11.9. The Balaban J connectivity index is 2.37. The first-order chi connectivity index (χ1) is 7.50. The summed E-state index contributed by atoms with van der Waals surface area (Å²) in [6.07, 6.45) is 0. The van der Waals surface area contributed by atoms with Crippen molar-refractivity contribution in [2.24, 2.45) is 0 Å². The summed E-state index contributed by atoms with van der Waals surface area (Å²) in [7, 11) is 0. The number of amides is 1. The molecule has 0 unspecified atom stereocenters. The van der Waals surface area contributed by atoms with Crippen LogP contribution in [0.25, 0.3) is 0 Å². The monoisotopic (exact) mass is 222 g/mol. The maximum absolute atomic E-state index is 11.2. The Bertz CT molecular complexity index is 462. The van der Waals surface area contributed by atoms with Gasteiger partial charge in [-0.15, -0.1) is 0 Å². The number of carboxylic acids is 1. The van der Waals surface area contributed by atoms with Gasteiger partial charge in [-0.2, -0.15) is 0 Å². The second-order valence-electron chi connectivity index (χ2n) is 4.03. The summed E-state index contributed by atoms with van der Waals surface area (Å²) in [4.78, 5) is 23.9. The highest BCUT2D eigenvalue weighted by Crippen LogP contribution is 2.21. The number of nitrogens with zero attached hydrogens (tertiary/aromatic N) is 2. The molecule has 0 aromatic carbocycles. The second kappa shape index (κ2) is 3.66. The highest BCUT2D eigenvalue weighted by Gasteiger charge is 2.23. The fraction of sp³-hybridized carbons (Fsp3) is 0.455. The predicted octanol–water partition coefficient (Wildman–Crippen LogP) is 0.857. The molecule has 1 aromatic rings. The van der Waals surface area contributed by atoms with E-state index >= 15 is 0 Å². The van der Waals surface area contributed by atoms with Crippen LogP contribution in [-0.2, 0) is 17.9 Å². The Morgan fingerprint density at radius 1 is 1.38 bits per heavy atom. The Labute approximate surface area is 93.3 Å². The molecule has 5 heteroatoms. The molecule has 2 rings (SSSR count). The highest BCUT2D eigenvalue weighted by molar-refractivity contribution is 5.89. The van der Waals surface area contributed by atoms with Gasteiger partial charge < -0.3 is 14.6 Å². The number of carbonyl (C=O) groups excluding carboxylic acids is 1.